The summed E-state index contributed by atoms with van der Waals surface area (Å²) in [5, 5.41) is 14.2. The van der Waals surface area contributed by atoms with Gasteiger partial charge < -0.3 is 20.6 Å². The quantitative estimate of drug-likeness (QED) is 0.690. The Labute approximate surface area is 125 Å². The van der Waals surface area contributed by atoms with Gasteiger partial charge in [0.15, 0.2) is 0 Å². The molecular weight excluding hydrogens is 268 g/mol. The lowest BCUT2D eigenvalue weighted by Gasteiger charge is -2.27. The first kappa shape index (κ1) is 15.6. The Morgan fingerprint density at radius 3 is 2.86 bits per heavy atom. The van der Waals surface area contributed by atoms with Crippen LogP contribution < -0.4 is 15.5 Å². The van der Waals surface area contributed by atoms with Crippen LogP contribution in [0, 0.1) is 0 Å². The van der Waals surface area contributed by atoms with E-state index in [-0.39, 0.29) is 12.6 Å². The van der Waals surface area contributed by atoms with E-state index in [0.717, 1.165) is 24.5 Å². The molecule has 116 valence electrons. The molecule has 1 aromatic heterocycles. The largest absolute Gasteiger partial charge is 0.396 e. The van der Waals surface area contributed by atoms with Gasteiger partial charge in [0.2, 0.25) is 0 Å². The monoisotopic (exact) mass is 292 g/mol. The number of carbonyl (C=O) groups is 1. The molecule has 2 rings (SSSR count). The zero-order valence-corrected chi connectivity index (χ0v) is 12.3. The van der Waals surface area contributed by atoms with Crippen LogP contribution in [-0.2, 0) is 6.54 Å². The Morgan fingerprint density at radius 1 is 1.29 bits per heavy atom. The normalized spacial score (nSPS) is 14.8. The van der Waals surface area contributed by atoms with Crippen LogP contribution in [0.3, 0.4) is 0 Å². The van der Waals surface area contributed by atoms with E-state index in [1.165, 1.54) is 19.3 Å². The number of anilines is 1. The van der Waals surface area contributed by atoms with E-state index in [1.54, 1.807) is 6.20 Å². The van der Waals surface area contributed by atoms with Gasteiger partial charge in [0.1, 0.15) is 5.82 Å². The number of aromatic nitrogens is 1. The van der Waals surface area contributed by atoms with Gasteiger partial charge in [-0.3, -0.25) is 0 Å². The van der Waals surface area contributed by atoms with Gasteiger partial charge in [-0.25, -0.2) is 9.78 Å². The number of hydrogen-bond acceptors (Lipinski definition) is 4. The summed E-state index contributed by atoms with van der Waals surface area (Å²) in [7, 11) is 0. The van der Waals surface area contributed by atoms with Crippen molar-refractivity contribution < 1.29 is 9.90 Å². The van der Waals surface area contributed by atoms with Gasteiger partial charge in [0.25, 0.3) is 0 Å². The number of nitrogens with zero attached hydrogens (tertiary/aromatic N) is 2. The molecule has 3 N–H and O–H groups in total. The minimum atomic E-state index is -0.209. The van der Waals surface area contributed by atoms with Crippen LogP contribution in [0.4, 0.5) is 10.6 Å². The fourth-order valence-electron chi connectivity index (χ4n) is 2.39. The summed E-state index contributed by atoms with van der Waals surface area (Å²) in [6.45, 7) is 3.17. The summed E-state index contributed by atoms with van der Waals surface area (Å²) in [5.41, 5.74) is 1.04. The number of amides is 2. The summed E-state index contributed by atoms with van der Waals surface area (Å²) in [5.74, 6) is 0.995. The molecule has 0 saturated carbocycles. The average molecular weight is 292 g/mol. The van der Waals surface area contributed by atoms with E-state index in [2.05, 4.69) is 20.5 Å². The van der Waals surface area contributed by atoms with Crippen molar-refractivity contribution in [3.8, 4) is 0 Å². The van der Waals surface area contributed by atoms with Crippen molar-refractivity contribution in [2.45, 2.75) is 32.2 Å². The van der Waals surface area contributed by atoms with Crippen molar-refractivity contribution in [1.82, 2.24) is 15.6 Å². The maximum Gasteiger partial charge on any atom is 0.315 e. The van der Waals surface area contributed by atoms with Crippen molar-refractivity contribution in [2.75, 3.05) is 31.1 Å². The number of aliphatic hydroxyl groups is 1. The standard InChI is InChI=1S/C15H24N4O2/c20-10-4-6-17-15(21)18-12-13-5-7-16-14(11-13)19-8-2-1-3-9-19/h5,7,11,20H,1-4,6,8-10,12H2,(H2,17,18,21). The first-order chi connectivity index (χ1) is 10.3. The highest BCUT2D eigenvalue weighted by Gasteiger charge is 2.12. The molecule has 6 nitrogen and oxygen atoms in total. The number of carbonyl (C=O) groups excluding carboxylic acids is 1. The number of pyridine rings is 1. The lowest BCUT2D eigenvalue weighted by Crippen LogP contribution is -2.36. The number of nitrogens with one attached hydrogen (secondary N) is 2. The van der Waals surface area contributed by atoms with Crippen LogP contribution >= 0.6 is 0 Å². The lowest BCUT2D eigenvalue weighted by molar-refractivity contribution is 0.237. The smallest absolute Gasteiger partial charge is 0.315 e. The topological polar surface area (TPSA) is 77.5 Å². The van der Waals surface area contributed by atoms with E-state index < -0.39 is 0 Å². The molecule has 6 heteroatoms. The SMILES string of the molecule is O=C(NCCCO)NCc1ccnc(N2CCCCC2)c1. The van der Waals surface area contributed by atoms with Crippen molar-refractivity contribution in [3.63, 3.8) is 0 Å². The Bertz CT molecular complexity index is 447. The molecule has 0 aromatic carbocycles. The van der Waals surface area contributed by atoms with Crippen LogP contribution in [-0.4, -0.2) is 42.4 Å². The van der Waals surface area contributed by atoms with Crippen molar-refractivity contribution in [1.29, 1.82) is 0 Å². The summed E-state index contributed by atoms with van der Waals surface area (Å²) in [4.78, 5) is 18.3. The number of rotatable bonds is 6. The summed E-state index contributed by atoms with van der Waals surface area (Å²) >= 11 is 0. The molecule has 2 amide bonds. The third-order valence-corrected chi connectivity index (χ3v) is 3.56. The molecule has 1 fully saturated rings. The van der Waals surface area contributed by atoms with Gasteiger partial charge in [-0.1, -0.05) is 0 Å². The summed E-state index contributed by atoms with van der Waals surface area (Å²) < 4.78 is 0. The Kier molecular flexibility index (Phi) is 6.27. The van der Waals surface area contributed by atoms with Gasteiger partial charge in [-0.15, -0.1) is 0 Å². The Balaban J connectivity index is 1.81. The van der Waals surface area contributed by atoms with Crippen LogP contribution in [0.5, 0.6) is 0 Å². The molecule has 0 unspecified atom stereocenters. The second-order valence-corrected chi connectivity index (χ2v) is 5.26. The molecule has 0 aliphatic carbocycles. The van der Waals surface area contributed by atoms with Gasteiger partial charge in [0.05, 0.1) is 0 Å². The molecule has 0 radical (unpaired) electrons. The number of aliphatic hydroxyl groups excluding tert-OH is 1. The maximum absolute atomic E-state index is 11.5. The van der Waals surface area contributed by atoms with E-state index in [0.29, 0.717) is 19.5 Å². The molecule has 1 aliphatic rings. The third kappa shape index (κ3) is 5.23. The van der Waals surface area contributed by atoms with E-state index in [1.807, 2.05) is 12.1 Å². The van der Waals surface area contributed by atoms with Crippen molar-refractivity contribution >= 4 is 11.8 Å². The van der Waals surface area contributed by atoms with Gasteiger partial charge in [-0.05, 0) is 43.4 Å². The average Bonchev–Trinajstić information content (AvgIpc) is 2.54. The summed E-state index contributed by atoms with van der Waals surface area (Å²) in [6, 6.07) is 3.75. The molecule has 1 aromatic rings. The van der Waals surface area contributed by atoms with Crippen molar-refractivity contribution in [3.05, 3.63) is 23.9 Å². The molecule has 2 heterocycles. The van der Waals surface area contributed by atoms with Crippen LogP contribution in [0.1, 0.15) is 31.2 Å². The Hall–Kier alpha value is -1.82. The Morgan fingerprint density at radius 2 is 2.10 bits per heavy atom. The van der Waals surface area contributed by atoms with Crippen molar-refractivity contribution in [2.24, 2.45) is 0 Å². The van der Waals surface area contributed by atoms with Gasteiger partial charge in [0, 0.05) is 39.0 Å². The highest BCUT2D eigenvalue weighted by atomic mass is 16.3. The molecule has 1 aliphatic heterocycles. The zero-order chi connectivity index (χ0) is 14.9. The molecule has 0 spiro atoms. The van der Waals surface area contributed by atoms with E-state index >= 15 is 0 Å². The second kappa shape index (κ2) is 8.46. The van der Waals surface area contributed by atoms with Gasteiger partial charge in [-0.2, -0.15) is 0 Å². The van der Waals surface area contributed by atoms with Gasteiger partial charge >= 0.3 is 6.03 Å². The molecule has 1 saturated heterocycles. The van der Waals surface area contributed by atoms with E-state index in [9.17, 15) is 4.79 Å². The molecule has 0 atom stereocenters. The summed E-state index contributed by atoms with van der Waals surface area (Å²) in [6.07, 6.45) is 6.10. The van der Waals surface area contributed by atoms with Crippen LogP contribution in [0.2, 0.25) is 0 Å². The van der Waals surface area contributed by atoms with Crippen LogP contribution in [0.15, 0.2) is 18.3 Å². The zero-order valence-electron chi connectivity index (χ0n) is 12.3. The third-order valence-electron chi connectivity index (χ3n) is 3.56. The predicted octanol–water partition coefficient (Wildman–Crippen LogP) is 1.25. The highest BCUT2D eigenvalue weighted by Crippen LogP contribution is 2.18. The number of urea groups is 1. The molecular formula is C15H24N4O2. The number of piperidine rings is 1. The maximum atomic E-state index is 11.5. The highest BCUT2D eigenvalue weighted by molar-refractivity contribution is 5.73. The fraction of sp³-hybridized carbons (Fsp3) is 0.600. The molecule has 0 bridgehead atoms. The predicted molar refractivity (Wildman–Crippen MR) is 82.2 cm³/mol. The first-order valence-corrected chi connectivity index (χ1v) is 7.62. The van der Waals surface area contributed by atoms with Crippen LogP contribution in [0.25, 0.3) is 0 Å². The first-order valence-electron chi connectivity index (χ1n) is 7.62. The number of hydrogen-bond donors (Lipinski definition) is 3. The minimum Gasteiger partial charge on any atom is -0.396 e. The molecule has 21 heavy (non-hydrogen) atoms. The minimum absolute atomic E-state index is 0.0871. The fourth-order valence-corrected chi connectivity index (χ4v) is 2.39. The van der Waals surface area contributed by atoms with E-state index in [4.69, 9.17) is 5.11 Å². The second-order valence-electron chi connectivity index (χ2n) is 5.26. The lowest BCUT2D eigenvalue weighted by atomic mass is 10.1.